The predicted molar refractivity (Wildman–Crippen MR) is 157 cm³/mol. The Morgan fingerprint density at radius 2 is 1.73 bits per heavy atom. The fourth-order valence-electron chi connectivity index (χ4n) is 11.0. The van der Waals surface area contributed by atoms with Crippen LogP contribution < -0.4 is 5.32 Å². The van der Waals surface area contributed by atoms with Gasteiger partial charge in [-0.2, -0.15) is 0 Å². The standard InChI is InChI=1S/C35H53NO4/c1-23(9-14-32(39)40-35(17-19-36-20-18-35)24-7-5-4-6-8-24)28-12-13-29-27-11-10-25-21-26(37)15-16-33(25,2)30(27)22-31(38)34(28,29)3/h4-8,23,25-31,36-38H,9-22H2,1-3H3/t23-,25-,26?,27+,28-,29+,30+,31?,33+,34-/m1/s1. The van der Waals surface area contributed by atoms with Gasteiger partial charge in [0.1, 0.15) is 5.60 Å². The van der Waals surface area contributed by atoms with E-state index in [4.69, 9.17) is 4.74 Å². The fourth-order valence-corrected chi connectivity index (χ4v) is 11.0. The molecule has 0 spiro atoms. The van der Waals surface area contributed by atoms with E-state index in [1.165, 1.54) is 19.3 Å². The molecule has 0 amide bonds. The summed E-state index contributed by atoms with van der Waals surface area (Å²) >= 11 is 0. The van der Waals surface area contributed by atoms with Crippen LogP contribution in [0.3, 0.4) is 0 Å². The van der Waals surface area contributed by atoms with Crippen LogP contribution in [-0.2, 0) is 15.1 Å². The average Bonchev–Trinajstić information content (AvgIpc) is 3.32. The van der Waals surface area contributed by atoms with Crippen LogP contribution in [0.1, 0.15) is 103 Å². The van der Waals surface area contributed by atoms with Gasteiger partial charge >= 0.3 is 5.97 Å². The van der Waals surface area contributed by atoms with E-state index < -0.39 is 5.60 Å². The van der Waals surface area contributed by atoms with Gasteiger partial charge in [-0.05, 0) is 123 Å². The lowest BCUT2D eigenvalue weighted by molar-refractivity contribution is -0.175. The van der Waals surface area contributed by atoms with Gasteiger partial charge in [0.05, 0.1) is 12.2 Å². The zero-order valence-electron chi connectivity index (χ0n) is 25.1. The average molecular weight is 552 g/mol. The lowest BCUT2D eigenvalue weighted by atomic mass is 9.43. The first-order chi connectivity index (χ1) is 19.2. The van der Waals surface area contributed by atoms with Crippen molar-refractivity contribution in [3.63, 3.8) is 0 Å². The molecule has 3 N–H and O–H groups in total. The van der Waals surface area contributed by atoms with Gasteiger partial charge in [0.25, 0.3) is 0 Å². The quantitative estimate of drug-likeness (QED) is 0.366. The number of hydrogen-bond donors (Lipinski definition) is 3. The Hall–Kier alpha value is -1.43. The van der Waals surface area contributed by atoms with Gasteiger partial charge in [-0.25, -0.2) is 0 Å². The predicted octanol–water partition coefficient (Wildman–Crippen LogP) is 6.22. The third-order valence-corrected chi connectivity index (χ3v) is 13.3. The molecule has 10 atom stereocenters. The second kappa shape index (κ2) is 11.0. The van der Waals surface area contributed by atoms with Crippen LogP contribution >= 0.6 is 0 Å². The SMILES string of the molecule is C[C@H](CCC(=O)OC1(c2ccccc2)CCNCC1)[C@H]1CC[C@H]2[C@@H]3CC[C@@H]4CC(O)CC[C@]4(C)[C@H]3CC(O)[C@]12C. The molecule has 1 aromatic rings. The molecule has 0 radical (unpaired) electrons. The molecule has 40 heavy (non-hydrogen) atoms. The van der Waals surface area contributed by atoms with Gasteiger partial charge in [0.15, 0.2) is 0 Å². The number of aliphatic hydroxyl groups is 2. The van der Waals surface area contributed by atoms with Gasteiger partial charge < -0.3 is 20.3 Å². The van der Waals surface area contributed by atoms with Crippen LogP contribution in [0.15, 0.2) is 30.3 Å². The summed E-state index contributed by atoms with van der Waals surface area (Å²) in [5.41, 5.74) is 0.791. The van der Waals surface area contributed by atoms with Crippen molar-refractivity contribution >= 4 is 5.97 Å². The molecule has 6 rings (SSSR count). The van der Waals surface area contributed by atoms with Gasteiger partial charge in [-0.15, -0.1) is 0 Å². The van der Waals surface area contributed by atoms with Crippen molar-refractivity contribution in [3.8, 4) is 0 Å². The van der Waals surface area contributed by atoms with E-state index in [-0.39, 0.29) is 29.0 Å². The Morgan fingerprint density at radius 3 is 2.48 bits per heavy atom. The largest absolute Gasteiger partial charge is 0.454 e. The Labute approximate surface area is 241 Å². The van der Waals surface area contributed by atoms with Gasteiger partial charge in [0, 0.05) is 19.3 Å². The molecule has 4 saturated carbocycles. The zero-order chi connectivity index (χ0) is 28.1. The van der Waals surface area contributed by atoms with Crippen LogP contribution in [0.5, 0.6) is 0 Å². The van der Waals surface area contributed by atoms with E-state index in [9.17, 15) is 15.0 Å². The second-order valence-electron chi connectivity index (χ2n) is 15.0. The van der Waals surface area contributed by atoms with Crippen molar-refractivity contribution < 1.29 is 19.7 Å². The van der Waals surface area contributed by atoms with Crippen molar-refractivity contribution in [3.05, 3.63) is 35.9 Å². The first kappa shape index (κ1) is 28.7. The van der Waals surface area contributed by atoms with Crippen molar-refractivity contribution in [2.75, 3.05) is 13.1 Å². The number of nitrogens with one attached hydrogen (secondary N) is 1. The van der Waals surface area contributed by atoms with Crippen molar-refractivity contribution in [2.45, 2.75) is 116 Å². The summed E-state index contributed by atoms with van der Waals surface area (Å²) < 4.78 is 6.32. The number of ether oxygens (including phenoxy) is 1. The first-order valence-corrected chi connectivity index (χ1v) is 16.5. The monoisotopic (exact) mass is 551 g/mol. The summed E-state index contributed by atoms with van der Waals surface area (Å²) in [7, 11) is 0. The number of fused-ring (bicyclic) bond motifs is 5. The Morgan fingerprint density at radius 1 is 0.975 bits per heavy atom. The fraction of sp³-hybridized carbons (Fsp3) is 0.800. The molecule has 4 aliphatic carbocycles. The highest BCUT2D eigenvalue weighted by Crippen LogP contribution is 2.68. The molecule has 1 saturated heterocycles. The molecule has 5 heteroatoms. The van der Waals surface area contributed by atoms with Crippen LogP contribution in [0.4, 0.5) is 0 Å². The molecule has 5 aliphatic rings. The second-order valence-corrected chi connectivity index (χ2v) is 15.0. The van der Waals surface area contributed by atoms with Crippen LogP contribution in [0.25, 0.3) is 0 Å². The lowest BCUT2D eigenvalue weighted by Gasteiger charge is -2.62. The van der Waals surface area contributed by atoms with E-state index in [1.807, 2.05) is 18.2 Å². The number of rotatable bonds is 6. The number of benzene rings is 1. The van der Waals surface area contributed by atoms with Crippen molar-refractivity contribution in [1.29, 1.82) is 0 Å². The van der Waals surface area contributed by atoms with E-state index in [1.54, 1.807) is 0 Å². The van der Waals surface area contributed by atoms with E-state index in [2.05, 4.69) is 38.2 Å². The van der Waals surface area contributed by atoms with Gasteiger partial charge in [-0.1, -0.05) is 51.1 Å². The Balaban J connectivity index is 1.11. The molecule has 1 heterocycles. The molecule has 1 aromatic carbocycles. The number of carbonyl (C=O) groups is 1. The molecule has 5 fully saturated rings. The molecule has 1 aliphatic heterocycles. The van der Waals surface area contributed by atoms with Crippen molar-refractivity contribution in [2.24, 2.45) is 46.3 Å². The van der Waals surface area contributed by atoms with Crippen LogP contribution in [-0.4, -0.2) is 41.5 Å². The molecule has 5 nitrogen and oxygen atoms in total. The van der Waals surface area contributed by atoms with Gasteiger partial charge in [0.2, 0.25) is 0 Å². The molecular weight excluding hydrogens is 498 g/mol. The smallest absolute Gasteiger partial charge is 0.306 e. The van der Waals surface area contributed by atoms with Crippen LogP contribution in [0.2, 0.25) is 0 Å². The van der Waals surface area contributed by atoms with E-state index in [0.717, 1.165) is 70.0 Å². The summed E-state index contributed by atoms with van der Waals surface area (Å²) in [5, 5.41) is 25.6. The number of piperidine rings is 1. The molecule has 0 bridgehead atoms. The van der Waals surface area contributed by atoms with Crippen LogP contribution in [0, 0.1) is 46.3 Å². The molecule has 2 unspecified atom stereocenters. The Bertz CT molecular complexity index is 1040. The molecule has 222 valence electrons. The third kappa shape index (κ3) is 4.76. The minimum Gasteiger partial charge on any atom is -0.454 e. The highest BCUT2D eigenvalue weighted by molar-refractivity contribution is 5.70. The summed E-state index contributed by atoms with van der Waals surface area (Å²) in [6.07, 6.45) is 11.3. The topological polar surface area (TPSA) is 78.8 Å². The minimum atomic E-state index is -0.518. The number of carbonyl (C=O) groups excluding carboxylic acids is 1. The van der Waals surface area contributed by atoms with Gasteiger partial charge in [-0.3, -0.25) is 4.79 Å². The maximum absolute atomic E-state index is 13.3. The Kier molecular flexibility index (Phi) is 7.89. The molecular formula is C35H53NO4. The number of hydrogen-bond acceptors (Lipinski definition) is 5. The minimum absolute atomic E-state index is 0.0673. The van der Waals surface area contributed by atoms with E-state index in [0.29, 0.717) is 41.9 Å². The van der Waals surface area contributed by atoms with Crippen molar-refractivity contribution in [1.82, 2.24) is 5.32 Å². The number of aliphatic hydroxyl groups excluding tert-OH is 2. The van der Waals surface area contributed by atoms with E-state index >= 15 is 0 Å². The molecule has 0 aromatic heterocycles. The zero-order valence-corrected chi connectivity index (χ0v) is 25.1. The maximum Gasteiger partial charge on any atom is 0.306 e. The first-order valence-electron chi connectivity index (χ1n) is 16.5. The highest BCUT2D eigenvalue weighted by Gasteiger charge is 2.63. The summed E-state index contributed by atoms with van der Waals surface area (Å²) in [6, 6.07) is 10.3. The third-order valence-electron chi connectivity index (χ3n) is 13.3. The number of esters is 1. The lowest BCUT2D eigenvalue weighted by Crippen LogP contribution is -2.58. The summed E-state index contributed by atoms with van der Waals surface area (Å²) in [6.45, 7) is 8.93. The summed E-state index contributed by atoms with van der Waals surface area (Å²) in [5.74, 6) is 3.20. The maximum atomic E-state index is 13.3. The normalized spacial score (nSPS) is 43.2. The highest BCUT2D eigenvalue weighted by atomic mass is 16.6. The summed E-state index contributed by atoms with van der Waals surface area (Å²) in [4.78, 5) is 13.3.